The van der Waals surface area contributed by atoms with Gasteiger partial charge in [-0.1, -0.05) is 95.1 Å². The van der Waals surface area contributed by atoms with E-state index in [-0.39, 0.29) is 0 Å². The number of rotatable bonds is 2. The second kappa shape index (κ2) is 7.11. The average molecular weight is 405 g/mol. The Balaban J connectivity index is 1.82. The van der Waals surface area contributed by atoms with Gasteiger partial charge in [-0.05, 0) is 78.0 Å². The first kappa shape index (κ1) is 19.1. The van der Waals surface area contributed by atoms with E-state index in [1.807, 2.05) is 0 Å². The van der Waals surface area contributed by atoms with Crippen molar-refractivity contribution in [3.8, 4) is 22.3 Å². The van der Waals surface area contributed by atoms with Crippen molar-refractivity contribution in [3.05, 3.63) is 101 Å². The molecule has 0 spiro atoms. The lowest BCUT2D eigenvalue weighted by Crippen LogP contribution is -2.50. The third-order valence-electron chi connectivity index (χ3n) is 6.52. The van der Waals surface area contributed by atoms with Gasteiger partial charge in [0.1, 0.15) is 8.80 Å². The highest BCUT2D eigenvalue weighted by Crippen LogP contribution is 2.28. The summed E-state index contributed by atoms with van der Waals surface area (Å²) in [6.45, 7) is 11.1. The van der Waals surface area contributed by atoms with Crippen LogP contribution in [0.2, 0.25) is 0 Å². The molecular weight excluding hydrogens is 376 g/mol. The topological polar surface area (TPSA) is 0 Å². The summed E-state index contributed by atoms with van der Waals surface area (Å²) in [4.78, 5) is 0. The molecule has 0 radical (unpaired) electrons. The van der Waals surface area contributed by atoms with Crippen LogP contribution in [-0.2, 0) is 0 Å². The van der Waals surface area contributed by atoms with E-state index in [1.54, 1.807) is 15.6 Å². The first-order chi connectivity index (χ1) is 14.4. The molecule has 0 amide bonds. The first-order valence-electron chi connectivity index (χ1n) is 10.8. The number of hydrogen-bond acceptors (Lipinski definition) is 0. The Morgan fingerprint density at radius 3 is 1.13 bits per heavy atom. The molecule has 0 unspecified atom stereocenters. The Morgan fingerprint density at radius 1 is 0.400 bits per heavy atom. The second-order valence-electron chi connectivity index (χ2n) is 9.02. The fourth-order valence-corrected chi connectivity index (χ4v) is 9.10. The molecule has 0 fully saturated rings. The van der Waals surface area contributed by atoms with Crippen molar-refractivity contribution >= 4 is 24.4 Å². The van der Waals surface area contributed by atoms with Gasteiger partial charge in [-0.3, -0.25) is 0 Å². The molecule has 1 heterocycles. The van der Waals surface area contributed by atoms with Crippen molar-refractivity contribution in [2.24, 2.45) is 0 Å². The molecule has 0 N–H and O–H groups in total. The summed E-state index contributed by atoms with van der Waals surface area (Å²) < 4.78 is 0. The summed E-state index contributed by atoms with van der Waals surface area (Å²) >= 11 is 0. The minimum atomic E-state index is -1.56. The van der Waals surface area contributed by atoms with Crippen molar-refractivity contribution in [2.75, 3.05) is 0 Å². The highest BCUT2D eigenvalue weighted by atomic mass is 28.3. The van der Waals surface area contributed by atoms with Crippen molar-refractivity contribution in [2.45, 2.75) is 34.6 Å². The quantitative estimate of drug-likeness (QED) is 0.358. The first-order valence-corrected chi connectivity index (χ1v) is 12.6. The SMILES string of the molecule is Cc1ccc(-c2ccc(C)cc2[SiH]2c3cc(C)ccc3-c3ccc(C)cc32)c(C)c1. The lowest BCUT2D eigenvalue weighted by atomic mass is 9.98. The number of hydrogen-bond donors (Lipinski definition) is 0. The van der Waals surface area contributed by atoms with E-state index in [0.29, 0.717) is 0 Å². The van der Waals surface area contributed by atoms with Gasteiger partial charge in [-0.15, -0.1) is 0 Å². The van der Waals surface area contributed by atoms with Crippen molar-refractivity contribution in [3.63, 3.8) is 0 Å². The summed E-state index contributed by atoms with van der Waals surface area (Å²) in [5, 5.41) is 4.71. The third kappa shape index (κ3) is 3.05. The predicted octanol–water partition coefficient (Wildman–Crippen LogP) is 5.12. The van der Waals surface area contributed by atoms with Gasteiger partial charge in [-0.2, -0.15) is 0 Å². The molecule has 0 saturated carbocycles. The van der Waals surface area contributed by atoms with E-state index in [0.717, 1.165) is 0 Å². The average Bonchev–Trinajstić information content (AvgIpc) is 3.00. The standard InChI is InChI=1S/C29H28Si/c1-18-6-10-23(22(5)14-18)24-11-7-19(2)15-27(24)30-28-16-20(3)8-12-25(28)26-13-9-21(4)17-29(26)30/h6-17,30H,1-5H3. The molecule has 5 rings (SSSR count). The van der Waals surface area contributed by atoms with Crippen LogP contribution in [-0.4, -0.2) is 8.80 Å². The van der Waals surface area contributed by atoms with Crippen molar-refractivity contribution in [1.29, 1.82) is 0 Å². The van der Waals surface area contributed by atoms with Crippen LogP contribution >= 0.6 is 0 Å². The molecule has 0 aromatic heterocycles. The molecule has 1 heteroatoms. The zero-order valence-corrected chi connectivity index (χ0v) is 19.7. The van der Waals surface area contributed by atoms with Gasteiger partial charge < -0.3 is 0 Å². The van der Waals surface area contributed by atoms with Crippen molar-refractivity contribution in [1.82, 2.24) is 0 Å². The molecule has 30 heavy (non-hydrogen) atoms. The van der Waals surface area contributed by atoms with Gasteiger partial charge in [-0.25, -0.2) is 0 Å². The van der Waals surface area contributed by atoms with Crippen LogP contribution in [0.3, 0.4) is 0 Å². The van der Waals surface area contributed by atoms with E-state index >= 15 is 0 Å². The Bertz CT molecular complexity index is 1240. The van der Waals surface area contributed by atoms with Crippen LogP contribution in [0.25, 0.3) is 22.3 Å². The monoisotopic (exact) mass is 404 g/mol. The minimum Gasteiger partial charge on any atom is -0.0590 e. The fourth-order valence-electron chi connectivity index (χ4n) is 5.12. The molecule has 4 aromatic carbocycles. The summed E-state index contributed by atoms with van der Waals surface area (Å²) in [6.07, 6.45) is 0. The minimum absolute atomic E-state index is 1.32. The maximum Gasteiger partial charge on any atom is 0.135 e. The maximum absolute atomic E-state index is 2.47. The molecule has 0 aliphatic carbocycles. The van der Waals surface area contributed by atoms with Gasteiger partial charge in [0.25, 0.3) is 0 Å². The molecule has 0 atom stereocenters. The van der Waals surface area contributed by atoms with E-state index in [9.17, 15) is 0 Å². The molecule has 0 bridgehead atoms. The zero-order chi connectivity index (χ0) is 21.0. The van der Waals surface area contributed by atoms with E-state index in [2.05, 4.69) is 107 Å². The van der Waals surface area contributed by atoms with Gasteiger partial charge in [0.05, 0.1) is 0 Å². The maximum atomic E-state index is 2.47. The second-order valence-corrected chi connectivity index (χ2v) is 11.8. The highest BCUT2D eigenvalue weighted by Gasteiger charge is 2.33. The van der Waals surface area contributed by atoms with E-state index in [1.165, 1.54) is 50.1 Å². The molecule has 0 saturated heterocycles. The lowest BCUT2D eigenvalue weighted by molar-refractivity contribution is 1.38. The molecule has 0 nitrogen and oxygen atoms in total. The lowest BCUT2D eigenvalue weighted by Gasteiger charge is -2.20. The van der Waals surface area contributed by atoms with Gasteiger partial charge >= 0.3 is 0 Å². The zero-order valence-electron chi connectivity index (χ0n) is 18.5. The largest absolute Gasteiger partial charge is 0.135 e. The number of fused-ring (bicyclic) bond motifs is 3. The Labute approximate surface area is 181 Å². The van der Waals surface area contributed by atoms with Crippen LogP contribution < -0.4 is 15.6 Å². The summed E-state index contributed by atoms with van der Waals surface area (Å²) in [5.74, 6) is 0. The highest BCUT2D eigenvalue weighted by molar-refractivity contribution is 6.99. The Hall–Kier alpha value is -2.90. The van der Waals surface area contributed by atoms with Crippen LogP contribution in [0.1, 0.15) is 27.8 Å². The van der Waals surface area contributed by atoms with Crippen molar-refractivity contribution < 1.29 is 0 Å². The van der Waals surface area contributed by atoms with E-state index in [4.69, 9.17) is 0 Å². The summed E-state index contributed by atoms with van der Waals surface area (Å²) in [5.41, 5.74) is 12.4. The van der Waals surface area contributed by atoms with Gasteiger partial charge in [0.15, 0.2) is 0 Å². The fraction of sp³-hybridized carbons (Fsp3) is 0.172. The van der Waals surface area contributed by atoms with Gasteiger partial charge in [0.2, 0.25) is 0 Å². The van der Waals surface area contributed by atoms with Crippen LogP contribution in [0, 0.1) is 34.6 Å². The van der Waals surface area contributed by atoms with Crippen LogP contribution in [0.15, 0.2) is 72.8 Å². The Kier molecular flexibility index (Phi) is 4.52. The summed E-state index contributed by atoms with van der Waals surface area (Å²) in [7, 11) is -1.56. The Morgan fingerprint density at radius 2 is 0.733 bits per heavy atom. The third-order valence-corrected chi connectivity index (χ3v) is 9.82. The molecule has 4 aromatic rings. The molecular formula is C29H28Si. The molecule has 148 valence electrons. The molecule has 1 aliphatic rings. The van der Waals surface area contributed by atoms with E-state index < -0.39 is 8.80 Å². The van der Waals surface area contributed by atoms with Crippen LogP contribution in [0.5, 0.6) is 0 Å². The van der Waals surface area contributed by atoms with Crippen LogP contribution in [0.4, 0.5) is 0 Å². The smallest absolute Gasteiger partial charge is 0.0590 e. The number of benzene rings is 4. The number of aryl methyl sites for hydroxylation is 5. The molecule has 1 aliphatic heterocycles. The predicted molar refractivity (Wildman–Crippen MR) is 133 cm³/mol. The normalized spacial score (nSPS) is 12.7. The summed E-state index contributed by atoms with van der Waals surface area (Å²) in [6, 6.07) is 28.1. The van der Waals surface area contributed by atoms with Gasteiger partial charge in [0, 0.05) is 0 Å².